The first kappa shape index (κ1) is 18.6. The summed E-state index contributed by atoms with van der Waals surface area (Å²) in [7, 11) is 0. The molecule has 156 valence electrons. The molecular weight excluding hydrogens is 392 g/mol. The van der Waals surface area contributed by atoms with Gasteiger partial charge in [-0.2, -0.15) is 0 Å². The monoisotopic (exact) mass is 412 g/mol. The number of carbonyl (C=O) groups excluding carboxylic acids is 2. The van der Waals surface area contributed by atoms with Crippen molar-refractivity contribution in [2.45, 2.75) is 32.2 Å². The number of ether oxygens (including phenoxy) is 2. The van der Waals surface area contributed by atoms with Gasteiger partial charge in [0.15, 0.2) is 29.2 Å². The normalized spacial score (nSPS) is 22.6. The molecule has 5 rings (SSSR count). The SMILES string of the molecule is C[C@@H]1CCOC2Cn3cc(C(=O)N4CCOc5cccnc54)c(=O)c(O)c3C(=O)N21. The molecule has 1 fully saturated rings. The molecule has 2 aromatic rings. The number of carbonyl (C=O) groups is 2. The van der Waals surface area contributed by atoms with Gasteiger partial charge in [-0.1, -0.05) is 0 Å². The van der Waals surface area contributed by atoms with Crippen LogP contribution in [0.15, 0.2) is 29.3 Å². The summed E-state index contributed by atoms with van der Waals surface area (Å²) in [4.78, 5) is 46.1. The van der Waals surface area contributed by atoms with E-state index in [1.54, 1.807) is 17.0 Å². The maximum absolute atomic E-state index is 13.2. The van der Waals surface area contributed by atoms with E-state index < -0.39 is 29.2 Å². The average Bonchev–Trinajstić information content (AvgIpc) is 2.75. The van der Waals surface area contributed by atoms with Crippen molar-refractivity contribution >= 4 is 17.6 Å². The van der Waals surface area contributed by atoms with Crippen molar-refractivity contribution in [3.8, 4) is 11.5 Å². The van der Waals surface area contributed by atoms with E-state index in [1.807, 2.05) is 6.92 Å². The second-order valence-corrected chi connectivity index (χ2v) is 7.53. The Hall–Kier alpha value is -3.40. The largest absolute Gasteiger partial charge is 0.503 e. The number of nitrogens with zero attached hydrogens (tertiary/aromatic N) is 4. The molecule has 3 aliphatic heterocycles. The summed E-state index contributed by atoms with van der Waals surface area (Å²) in [5, 5.41) is 10.6. The van der Waals surface area contributed by atoms with E-state index >= 15 is 0 Å². The molecule has 1 N–H and O–H groups in total. The zero-order valence-corrected chi connectivity index (χ0v) is 16.3. The lowest BCUT2D eigenvalue weighted by molar-refractivity contribution is -0.112. The molecule has 0 spiro atoms. The molecule has 2 amide bonds. The van der Waals surface area contributed by atoms with Crippen LogP contribution < -0.4 is 15.1 Å². The fourth-order valence-electron chi connectivity index (χ4n) is 4.20. The van der Waals surface area contributed by atoms with Crippen LogP contribution in [0.3, 0.4) is 0 Å². The van der Waals surface area contributed by atoms with Gasteiger partial charge in [0.1, 0.15) is 12.2 Å². The molecule has 2 atom stereocenters. The Morgan fingerprint density at radius 2 is 2.13 bits per heavy atom. The fraction of sp³-hybridized carbons (Fsp3) is 0.400. The second kappa shape index (κ2) is 6.84. The van der Waals surface area contributed by atoms with E-state index in [2.05, 4.69) is 4.98 Å². The van der Waals surface area contributed by atoms with E-state index in [-0.39, 0.29) is 37.0 Å². The van der Waals surface area contributed by atoms with Gasteiger partial charge in [-0.05, 0) is 25.5 Å². The Labute approximate surface area is 171 Å². The molecule has 10 nitrogen and oxygen atoms in total. The lowest BCUT2D eigenvalue weighted by Crippen LogP contribution is -2.57. The highest BCUT2D eigenvalue weighted by Gasteiger charge is 2.41. The van der Waals surface area contributed by atoms with Crippen LogP contribution in [0.2, 0.25) is 0 Å². The van der Waals surface area contributed by atoms with Gasteiger partial charge in [0.2, 0.25) is 5.43 Å². The van der Waals surface area contributed by atoms with Crippen LogP contribution >= 0.6 is 0 Å². The van der Waals surface area contributed by atoms with Gasteiger partial charge in [-0.15, -0.1) is 0 Å². The van der Waals surface area contributed by atoms with Gasteiger partial charge in [-0.25, -0.2) is 4.98 Å². The van der Waals surface area contributed by atoms with Gasteiger partial charge in [0, 0.05) is 18.4 Å². The maximum Gasteiger partial charge on any atom is 0.276 e. The summed E-state index contributed by atoms with van der Waals surface area (Å²) in [5.41, 5.74) is -1.24. The van der Waals surface area contributed by atoms with Crippen molar-refractivity contribution in [3.63, 3.8) is 0 Å². The van der Waals surface area contributed by atoms with Crippen molar-refractivity contribution in [2.24, 2.45) is 0 Å². The number of anilines is 1. The summed E-state index contributed by atoms with van der Waals surface area (Å²) < 4.78 is 12.7. The first-order chi connectivity index (χ1) is 14.5. The molecule has 2 aromatic heterocycles. The van der Waals surface area contributed by atoms with Gasteiger partial charge in [0.25, 0.3) is 11.8 Å². The van der Waals surface area contributed by atoms with Crippen LogP contribution in [0.4, 0.5) is 5.82 Å². The number of fused-ring (bicyclic) bond motifs is 3. The van der Waals surface area contributed by atoms with Crippen LogP contribution in [0.5, 0.6) is 11.5 Å². The summed E-state index contributed by atoms with van der Waals surface area (Å²) >= 11 is 0. The van der Waals surface area contributed by atoms with Crippen LogP contribution in [0.1, 0.15) is 34.2 Å². The molecule has 3 aliphatic rings. The molecule has 30 heavy (non-hydrogen) atoms. The van der Waals surface area contributed by atoms with Crippen molar-refractivity contribution in [1.82, 2.24) is 14.5 Å². The van der Waals surface area contributed by atoms with Gasteiger partial charge < -0.3 is 24.0 Å². The number of pyridine rings is 2. The summed E-state index contributed by atoms with van der Waals surface area (Å²) in [6.07, 6.45) is 3.02. The molecule has 5 heterocycles. The zero-order chi connectivity index (χ0) is 21.0. The van der Waals surface area contributed by atoms with Crippen molar-refractivity contribution in [3.05, 3.63) is 46.0 Å². The zero-order valence-electron chi connectivity index (χ0n) is 16.3. The number of aromatic nitrogens is 2. The third kappa shape index (κ3) is 2.67. The van der Waals surface area contributed by atoms with Gasteiger partial charge >= 0.3 is 0 Å². The lowest BCUT2D eigenvalue weighted by atomic mass is 10.1. The first-order valence-electron chi connectivity index (χ1n) is 9.77. The van der Waals surface area contributed by atoms with E-state index in [0.29, 0.717) is 24.6 Å². The van der Waals surface area contributed by atoms with E-state index in [9.17, 15) is 19.5 Å². The van der Waals surface area contributed by atoms with Crippen LogP contribution in [-0.2, 0) is 11.3 Å². The minimum atomic E-state index is -0.882. The number of hydrogen-bond donors (Lipinski definition) is 1. The summed E-state index contributed by atoms with van der Waals surface area (Å²) in [6.45, 7) is 3.10. The standard InChI is InChI=1S/C20H20N4O6/c1-11-4-7-30-14-10-22-9-12(16(25)17(26)15(22)20(28)24(11)14)19(27)23-6-8-29-13-3-2-5-21-18(13)23/h2-3,5,9,11,14,26H,4,6-8,10H2,1H3/t11-,14?/m1/s1. The molecule has 1 saturated heterocycles. The minimum absolute atomic E-state index is 0.0725. The Bertz CT molecular complexity index is 1110. The van der Waals surface area contributed by atoms with Crippen molar-refractivity contribution < 1.29 is 24.2 Å². The van der Waals surface area contributed by atoms with Gasteiger partial charge in [0.05, 0.1) is 19.7 Å². The number of hydrogen-bond acceptors (Lipinski definition) is 7. The third-order valence-corrected chi connectivity index (χ3v) is 5.73. The van der Waals surface area contributed by atoms with Crippen molar-refractivity contribution in [1.29, 1.82) is 0 Å². The first-order valence-corrected chi connectivity index (χ1v) is 9.77. The second-order valence-electron chi connectivity index (χ2n) is 7.53. The Balaban J connectivity index is 1.58. The number of amides is 2. The minimum Gasteiger partial charge on any atom is -0.503 e. The summed E-state index contributed by atoms with van der Waals surface area (Å²) in [5.74, 6) is -1.07. The lowest BCUT2D eigenvalue weighted by Gasteiger charge is -2.44. The smallest absolute Gasteiger partial charge is 0.276 e. The third-order valence-electron chi connectivity index (χ3n) is 5.73. The van der Waals surface area contributed by atoms with Gasteiger partial charge in [-0.3, -0.25) is 19.3 Å². The molecule has 10 heteroatoms. The molecule has 0 aromatic carbocycles. The quantitative estimate of drug-likeness (QED) is 0.729. The predicted octanol–water partition coefficient (Wildman–Crippen LogP) is 0.579. The predicted molar refractivity (Wildman–Crippen MR) is 104 cm³/mol. The molecule has 0 aliphatic carbocycles. The topological polar surface area (TPSA) is 114 Å². The summed E-state index contributed by atoms with van der Waals surface area (Å²) in [6, 6.07) is 3.31. The van der Waals surface area contributed by atoms with Crippen molar-refractivity contribution in [2.75, 3.05) is 24.7 Å². The highest BCUT2D eigenvalue weighted by atomic mass is 16.5. The van der Waals surface area contributed by atoms with Crippen LogP contribution in [0, 0.1) is 0 Å². The average molecular weight is 412 g/mol. The van der Waals surface area contributed by atoms with E-state index in [4.69, 9.17) is 9.47 Å². The van der Waals surface area contributed by atoms with Crippen LogP contribution in [-0.4, -0.2) is 63.4 Å². The molecule has 0 bridgehead atoms. The highest BCUT2D eigenvalue weighted by molar-refractivity contribution is 6.07. The van der Waals surface area contributed by atoms with E-state index in [1.165, 1.54) is 21.9 Å². The maximum atomic E-state index is 13.2. The Kier molecular flexibility index (Phi) is 4.24. The molecule has 1 unspecified atom stereocenters. The Morgan fingerprint density at radius 1 is 1.30 bits per heavy atom. The highest BCUT2D eigenvalue weighted by Crippen LogP contribution is 2.31. The number of aromatic hydroxyl groups is 1. The number of rotatable bonds is 1. The molecule has 0 radical (unpaired) electrons. The van der Waals surface area contributed by atoms with E-state index in [0.717, 1.165) is 0 Å². The molecular formula is C20H20N4O6. The molecule has 0 saturated carbocycles. The Morgan fingerprint density at radius 3 is 2.97 bits per heavy atom. The fourth-order valence-corrected chi connectivity index (χ4v) is 4.20. The van der Waals surface area contributed by atoms with Crippen LogP contribution in [0.25, 0.3) is 0 Å².